The molecule has 15 rings (SSSR count). The Morgan fingerprint density at radius 3 is 1.62 bits per heavy atom. The van der Waals surface area contributed by atoms with Gasteiger partial charge in [0.25, 0.3) is 0 Å². The summed E-state index contributed by atoms with van der Waals surface area (Å²) in [6.07, 6.45) is 15.0. The van der Waals surface area contributed by atoms with Crippen molar-refractivity contribution in [3.63, 3.8) is 0 Å². The first kappa shape index (κ1) is 41.9. The van der Waals surface area contributed by atoms with Gasteiger partial charge in [-0.1, -0.05) is 177 Å². The molecule has 0 unspecified atom stereocenters. The second-order valence-corrected chi connectivity index (χ2v) is 29.1. The number of nitrogens with zero attached hydrogens (tertiary/aromatic N) is 2. The minimum atomic E-state index is -1.80. The molecule has 346 valence electrons. The van der Waals surface area contributed by atoms with Gasteiger partial charge in [-0.3, -0.25) is 0 Å². The molecule has 0 aromatic heterocycles. The van der Waals surface area contributed by atoms with Gasteiger partial charge in [-0.05, 0) is 164 Å². The number of fused-ring (bicyclic) bond motifs is 14. The molecular formula is C67H58N2SSi. The number of benzene rings is 9. The van der Waals surface area contributed by atoms with Gasteiger partial charge in [0.1, 0.15) is 8.07 Å². The van der Waals surface area contributed by atoms with Gasteiger partial charge in [-0.15, -0.1) is 0 Å². The Bertz CT molecular complexity index is 3540. The topological polar surface area (TPSA) is 6.48 Å². The highest BCUT2D eigenvalue weighted by molar-refractivity contribution is 8.34. The summed E-state index contributed by atoms with van der Waals surface area (Å²) in [4.78, 5) is 8.38. The Balaban J connectivity index is 0.740. The van der Waals surface area contributed by atoms with Crippen molar-refractivity contribution in [2.75, 3.05) is 21.3 Å². The molecule has 1 saturated carbocycles. The van der Waals surface area contributed by atoms with Crippen LogP contribution in [0, 0.1) is 0 Å². The molecule has 3 fully saturated rings. The number of para-hydroxylation sites is 4. The molecule has 9 aromatic carbocycles. The van der Waals surface area contributed by atoms with Crippen molar-refractivity contribution < 1.29 is 0 Å². The van der Waals surface area contributed by atoms with Gasteiger partial charge in [0.15, 0.2) is 0 Å². The maximum Gasteiger partial charge on any atom is 0.123 e. The van der Waals surface area contributed by atoms with Gasteiger partial charge < -0.3 is 9.80 Å². The number of hydrogen-bond acceptors (Lipinski definition) is 2. The third-order valence-electron chi connectivity index (χ3n) is 18.0. The van der Waals surface area contributed by atoms with Crippen molar-refractivity contribution >= 4 is 85.5 Å². The van der Waals surface area contributed by atoms with Gasteiger partial charge in [-0.25, -0.2) is 0 Å². The van der Waals surface area contributed by atoms with E-state index in [2.05, 4.69) is 216 Å². The maximum atomic E-state index is 2.61. The normalized spacial score (nSPS) is 18.7. The molecule has 0 amide bonds. The van der Waals surface area contributed by atoms with Crippen molar-refractivity contribution in [3.8, 4) is 22.3 Å². The predicted molar refractivity (Wildman–Crippen MR) is 306 cm³/mol. The monoisotopic (exact) mass is 950 g/mol. The molecule has 0 bridgehead atoms. The standard InChI is InChI=1S/C67H58N2SSi/c1-2-18-55-52(17-1)51(37-38-58(55)69-61-21-5-9-25-65(61)71(43-15-16-44-71)66-26-10-6-22-62(66)69)49-32-29-47(30-33-49)27-28-48-31-35-53-54-36-34-50(46-57(54)67(56(53)45-48)39-11-12-40-67)68-59-19-3-7-23-63(59)70(41-13-14-42-70)64-24-8-4-20-60(64)68/h1-10,17-38,45-46H,11-16,39-44H2/b28-27+. The Kier molecular flexibility index (Phi) is 9.49. The van der Waals surface area contributed by atoms with E-state index >= 15 is 0 Å². The first-order valence-electron chi connectivity index (χ1n) is 26.5. The zero-order valence-corrected chi connectivity index (χ0v) is 42.2. The summed E-state index contributed by atoms with van der Waals surface area (Å²) in [5.41, 5.74) is 19.1. The van der Waals surface area contributed by atoms with Crippen molar-refractivity contribution in [3.05, 3.63) is 216 Å². The lowest BCUT2D eigenvalue weighted by Crippen LogP contribution is -2.60. The first-order valence-corrected chi connectivity index (χ1v) is 30.9. The summed E-state index contributed by atoms with van der Waals surface area (Å²) in [6, 6.07) is 78.1. The molecule has 4 heterocycles. The van der Waals surface area contributed by atoms with E-state index in [0.717, 1.165) is 0 Å². The second-order valence-electron chi connectivity index (χ2n) is 21.4. The number of anilines is 6. The van der Waals surface area contributed by atoms with Gasteiger partial charge in [0.2, 0.25) is 0 Å². The lowest BCUT2D eigenvalue weighted by atomic mass is 9.76. The Morgan fingerprint density at radius 2 is 0.944 bits per heavy atom. The fourth-order valence-electron chi connectivity index (χ4n) is 14.9. The van der Waals surface area contributed by atoms with Crippen LogP contribution in [-0.4, -0.2) is 19.6 Å². The molecule has 2 nitrogen and oxygen atoms in total. The Morgan fingerprint density at radius 1 is 0.408 bits per heavy atom. The van der Waals surface area contributed by atoms with Crippen molar-refractivity contribution in [1.82, 2.24) is 0 Å². The number of rotatable bonds is 5. The highest BCUT2D eigenvalue weighted by Crippen LogP contribution is 2.74. The summed E-state index contributed by atoms with van der Waals surface area (Å²) in [5.74, 6) is 2.64. The highest BCUT2D eigenvalue weighted by atomic mass is 32.3. The average molecular weight is 951 g/mol. The fraction of sp³-hybridized carbons (Fsp3) is 0.194. The smallest absolute Gasteiger partial charge is 0.123 e. The van der Waals surface area contributed by atoms with E-state index in [0.29, 0.717) is 0 Å². The molecule has 0 N–H and O–H groups in total. The van der Waals surface area contributed by atoms with Crippen LogP contribution in [0.3, 0.4) is 0 Å². The Hall–Kier alpha value is -6.85. The second kappa shape index (κ2) is 16.1. The van der Waals surface area contributed by atoms with E-state index in [1.807, 2.05) is 0 Å². The summed E-state index contributed by atoms with van der Waals surface area (Å²) < 4.78 is 0. The van der Waals surface area contributed by atoms with Crippen LogP contribution < -0.4 is 20.2 Å². The van der Waals surface area contributed by atoms with Crippen LogP contribution in [0.5, 0.6) is 0 Å². The first-order chi connectivity index (χ1) is 35.1. The Labute approximate surface area is 421 Å². The van der Waals surface area contributed by atoms with Gasteiger partial charge >= 0.3 is 0 Å². The third-order valence-corrected chi connectivity index (χ3v) is 27.7. The van der Waals surface area contributed by atoms with Crippen LogP contribution in [0.4, 0.5) is 34.1 Å². The predicted octanol–water partition coefficient (Wildman–Crippen LogP) is 17.5. The van der Waals surface area contributed by atoms with Crippen LogP contribution in [0.2, 0.25) is 12.1 Å². The molecule has 0 atom stereocenters. The lowest BCUT2D eigenvalue weighted by Gasteiger charge is -2.47. The molecule has 2 aliphatic carbocycles. The quantitative estimate of drug-likeness (QED) is 0.125. The number of hydrogen-bond donors (Lipinski definition) is 0. The van der Waals surface area contributed by atoms with Crippen molar-refractivity contribution in [1.29, 1.82) is 0 Å². The summed E-state index contributed by atoms with van der Waals surface area (Å²) in [7, 11) is -2.83. The van der Waals surface area contributed by atoms with Crippen LogP contribution in [-0.2, 0) is 5.41 Å². The van der Waals surface area contributed by atoms with Crippen molar-refractivity contribution in [2.45, 2.75) is 78.7 Å². The third kappa shape index (κ3) is 6.07. The SMILES string of the molecule is C(=C\c1ccc2c(c1)C1(CCCC1)c1cc(N3c4ccccc4S4(CCCC4)c4ccccc43)ccc1-2)/c1ccc(-c2ccc(N3c4ccccc4[Si]4(CCCC4)c4ccccc43)c3ccccc23)cc1. The van der Waals surface area contributed by atoms with E-state index in [4.69, 9.17) is 0 Å². The van der Waals surface area contributed by atoms with Crippen LogP contribution in [0.1, 0.15) is 73.6 Å². The average Bonchev–Trinajstić information content (AvgIpc) is 4.28. The minimum Gasteiger partial charge on any atom is -0.310 e. The molecule has 4 aliphatic heterocycles. The molecule has 0 radical (unpaired) electrons. The van der Waals surface area contributed by atoms with Crippen LogP contribution >= 0.6 is 10.0 Å². The zero-order valence-electron chi connectivity index (χ0n) is 40.4. The van der Waals surface area contributed by atoms with Gasteiger partial charge in [-0.2, -0.15) is 10.0 Å². The summed E-state index contributed by atoms with van der Waals surface area (Å²) in [5, 5.41) is 5.82. The van der Waals surface area contributed by atoms with E-state index < -0.39 is 18.1 Å². The van der Waals surface area contributed by atoms with Crippen LogP contribution in [0.25, 0.3) is 45.2 Å². The molecule has 3 spiro atoms. The van der Waals surface area contributed by atoms with Gasteiger partial charge in [0.05, 0.1) is 17.1 Å². The summed E-state index contributed by atoms with van der Waals surface area (Å²) >= 11 is 0. The molecular weight excluding hydrogens is 893 g/mol. The fourth-order valence-corrected chi connectivity index (χ4v) is 24.9. The molecule has 4 heteroatoms. The van der Waals surface area contributed by atoms with Crippen molar-refractivity contribution in [2.24, 2.45) is 0 Å². The molecule has 9 aromatic rings. The maximum absolute atomic E-state index is 2.61. The van der Waals surface area contributed by atoms with E-state index in [1.54, 1.807) is 20.2 Å². The van der Waals surface area contributed by atoms with Gasteiger partial charge in [0, 0.05) is 37.7 Å². The molecule has 6 aliphatic rings. The van der Waals surface area contributed by atoms with E-state index in [1.165, 1.54) is 164 Å². The lowest BCUT2D eigenvalue weighted by molar-refractivity contribution is 0.550. The van der Waals surface area contributed by atoms with Crippen LogP contribution in [0.15, 0.2) is 204 Å². The molecule has 2 saturated heterocycles. The van der Waals surface area contributed by atoms with E-state index in [-0.39, 0.29) is 5.41 Å². The molecule has 71 heavy (non-hydrogen) atoms. The zero-order chi connectivity index (χ0) is 46.7. The summed E-state index contributed by atoms with van der Waals surface area (Å²) in [6.45, 7) is 0. The largest absolute Gasteiger partial charge is 0.310 e. The highest BCUT2D eigenvalue weighted by Gasteiger charge is 2.49. The minimum absolute atomic E-state index is 0.0534. The van der Waals surface area contributed by atoms with E-state index in [9.17, 15) is 0 Å².